The fraction of sp³-hybridized carbons (Fsp3) is 0.467. The van der Waals surface area contributed by atoms with Crippen LogP contribution in [0, 0.1) is 0 Å². The van der Waals surface area contributed by atoms with Crippen LogP contribution in [0.1, 0.15) is 37.1 Å². The van der Waals surface area contributed by atoms with Gasteiger partial charge in [0.1, 0.15) is 5.60 Å². The first-order valence-corrected chi connectivity index (χ1v) is 6.96. The number of hydrogen-bond acceptors (Lipinski definition) is 5. The number of nitrogens with two attached hydrogens (primary N) is 1. The lowest BCUT2D eigenvalue weighted by molar-refractivity contribution is -0.0178. The molecule has 1 fully saturated rings. The summed E-state index contributed by atoms with van der Waals surface area (Å²) in [7, 11) is 1.72. The van der Waals surface area contributed by atoms with E-state index < -0.39 is 0 Å². The molecule has 0 atom stereocenters. The summed E-state index contributed by atoms with van der Waals surface area (Å²) < 4.78 is 11.1. The summed E-state index contributed by atoms with van der Waals surface area (Å²) in [6.07, 6.45) is 4.19. The van der Waals surface area contributed by atoms with Crippen LogP contribution in [0.4, 0.5) is 0 Å². The van der Waals surface area contributed by atoms with E-state index >= 15 is 0 Å². The lowest BCUT2D eigenvalue weighted by atomic mass is 10.0. The van der Waals surface area contributed by atoms with Gasteiger partial charge >= 0.3 is 0 Å². The number of benzene rings is 1. The largest absolute Gasteiger partial charge is 0.370 e. The molecule has 2 N–H and O–H groups in total. The van der Waals surface area contributed by atoms with Crippen molar-refractivity contribution in [1.82, 2.24) is 10.1 Å². The molecule has 3 rings (SSSR count). The first-order valence-electron chi connectivity index (χ1n) is 6.96. The second-order valence-electron chi connectivity index (χ2n) is 5.23. The van der Waals surface area contributed by atoms with Crippen molar-refractivity contribution in [3.63, 3.8) is 0 Å². The molecule has 1 aromatic carbocycles. The predicted molar refractivity (Wildman–Crippen MR) is 74.8 cm³/mol. The smallest absolute Gasteiger partial charge is 0.258 e. The maximum absolute atomic E-state index is 5.67. The van der Waals surface area contributed by atoms with E-state index in [1.165, 1.54) is 0 Å². The Morgan fingerprint density at radius 3 is 2.55 bits per heavy atom. The number of aromatic nitrogens is 2. The van der Waals surface area contributed by atoms with Gasteiger partial charge in [-0.2, -0.15) is 4.98 Å². The molecule has 1 aliphatic rings. The highest BCUT2D eigenvalue weighted by Crippen LogP contribution is 2.40. The average Bonchev–Trinajstić information content (AvgIpc) is 3.17. The van der Waals surface area contributed by atoms with Gasteiger partial charge in [0.05, 0.1) is 0 Å². The molecule has 0 amide bonds. The van der Waals surface area contributed by atoms with Gasteiger partial charge in [-0.3, -0.25) is 0 Å². The lowest BCUT2D eigenvalue weighted by Crippen LogP contribution is -2.25. The Morgan fingerprint density at radius 1 is 1.25 bits per heavy atom. The minimum Gasteiger partial charge on any atom is -0.370 e. The Hall–Kier alpha value is -1.72. The van der Waals surface area contributed by atoms with Gasteiger partial charge in [-0.05, 0) is 43.4 Å². The van der Waals surface area contributed by atoms with Crippen molar-refractivity contribution in [3.05, 3.63) is 35.7 Å². The van der Waals surface area contributed by atoms with Crippen LogP contribution in [0.25, 0.3) is 11.5 Å². The van der Waals surface area contributed by atoms with Crippen molar-refractivity contribution in [1.29, 1.82) is 0 Å². The fourth-order valence-electron chi connectivity index (χ4n) is 2.77. The van der Waals surface area contributed by atoms with Crippen molar-refractivity contribution in [2.45, 2.75) is 37.8 Å². The highest BCUT2D eigenvalue weighted by atomic mass is 16.5. The second kappa shape index (κ2) is 5.34. The molecule has 106 valence electrons. The number of hydrogen-bond donors (Lipinski definition) is 1. The van der Waals surface area contributed by atoms with Gasteiger partial charge in [0, 0.05) is 19.2 Å². The lowest BCUT2D eigenvalue weighted by Gasteiger charge is -2.22. The summed E-state index contributed by atoms with van der Waals surface area (Å²) >= 11 is 0. The number of ether oxygens (including phenoxy) is 1. The molecule has 0 bridgehead atoms. The SMILES string of the molecule is COC1(c2noc(-c3ccc(CN)cc3)n2)CCCC1. The van der Waals surface area contributed by atoms with E-state index in [9.17, 15) is 0 Å². The molecule has 1 aromatic heterocycles. The van der Waals surface area contributed by atoms with E-state index in [1.54, 1.807) is 7.11 Å². The summed E-state index contributed by atoms with van der Waals surface area (Å²) in [5, 5.41) is 4.12. The minimum atomic E-state index is -0.362. The zero-order chi connectivity index (χ0) is 14.0. The molecule has 1 heterocycles. The predicted octanol–water partition coefficient (Wildman–Crippen LogP) is 2.61. The number of nitrogens with zero attached hydrogens (tertiary/aromatic N) is 2. The third-order valence-corrected chi connectivity index (χ3v) is 4.07. The number of rotatable bonds is 4. The van der Waals surface area contributed by atoms with Crippen LogP contribution in [0.3, 0.4) is 0 Å². The molecule has 2 aromatic rings. The molecule has 0 spiro atoms. The minimum absolute atomic E-state index is 0.362. The highest BCUT2D eigenvalue weighted by molar-refractivity contribution is 5.53. The van der Waals surface area contributed by atoms with Crippen molar-refractivity contribution in [3.8, 4) is 11.5 Å². The van der Waals surface area contributed by atoms with Crippen LogP contribution in [-0.4, -0.2) is 17.3 Å². The van der Waals surface area contributed by atoms with Gasteiger partial charge < -0.3 is 15.0 Å². The summed E-state index contributed by atoms with van der Waals surface area (Å²) in [6.45, 7) is 0.530. The van der Waals surface area contributed by atoms with E-state index in [4.69, 9.17) is 15.0 Å². The van der Waals surface area contributed by atoms with E-state index in [1.807, 2.05) is 24.3 Å². The topological polar surface area (TPSA) is 74.2 Å². The van der Waals surface area contributed by atoms with Crippen LogP contribution >= 0.6 is 0 Å². The molecule has 1 saturated carbocycles. The van der Waals surface area contributed by atoms with Gasteiger partial charge in [0.25, 0.3) is 5.89 Å². The molecule has 0 unspecified atom stereocenters. The molecule has 0 radical (unpaired) electrons. The first kappa shape index (κ1) is 13.3. The maximum atomic E-state index is 5.67. The van der Waals surface area contributed by atoms with Crippen LogP contribution in [-0.2, 0) is 16.9 Å². The zero-order valence-electron chi connectivity index (χ0n) is 11.6. The Kier molecular flexibility index (Phi) is 3.54. The van der Waals surface area contributed by atoms with Gasteiger partial charge in [-0.1, -0.05) is 17.3 Å². The molecule has 0 saturated heterocycles. The van der Waals surface area contributed by atoms with E-state index in [0.717, 1.165) is 36.8 Å². The quantitative estimate of drug-likeness (QED) is 0.926. The Bertz CT molecular complexity index is 571. The van der Waals surface area contributed by atoms with Crippen LogP contribution in [0.15, 0.2) is 28.8 Å². The van der Waals surface area contributed by atoms with Gasteiger partial charge in [-0.15, -0.1) is 0 Å². The molecular weight excluding hydrogens is 254 g/mol. The van der Waals surface area contributed by atoms with E-state index in [-0.39, 0.29) is 5.60 Å². The summed E-state index contributed by atoms with van der Waals surface area (Å²) in [5.74, 6) is 1.20. The van der Waals surface area contributed by atoms with E-state index in [2.05, 4.69) is 10.1 Å². The highest BCUT2D eigenvalue weighted by Gasteiger charge is 2.40. The summed E-state index contributed by atoms with van der Waals surface area (Å²) in [6, 6.07) is 7.85. The summed E-state index contributed by atoms with van der Waals surface area (Å²) in [4.78, 5) is 4.53. The van der Waals surface area contributed by atoms with Crippen LogP contribution in [0.5, 0.6) is 0 Å². The Labute approximate surface area is 118 Å². The van der Waals surface area contributed by atoms with Crippen molar-refractivity contribution in [2.75, 3.05) is 7.11 Å². The fourth-order valence-corrected chi connectivity index (χ4v) is 2.77. The van der Waals surface area contributed by atoms with Crippen molar-refractivity contribution >= 4 is 0 Å². The Morgan fingerprint density at radius 2 is 1.95 bits per heavy atom. The molecule has 5 nitrogen and oxygen atoms in total. The van der Waals surface area contributed by atoms with Gasteiger partial charge in [-0.25, -0.2) is 0 Å². The monoisotopic (exact) mass is 273 g/mol. The average molecular weight is 273 g/mol. The third kappa shape index (κ3) is 2.23. The normalized spacial score (nSPS) is 17.5. The Balaban J connectivity index is 1.89. The third-order valence-electron chi connectivity index (χ3n) is 4.07. The van der Waals surface area contributed by atoms with Gasteiger partial charge in [0.15, 0.2) is 0 Å². The molecule has 0 aliphatic heterocycles. The second-order valence-corrected chi connectivity index (χ2v) is 5.23. The molecule has 1 aliphatic carbocycles. The zero-order valence-corrected chi connectivity index (χ0v) is 11.6. The van der Waals surface area contributed by atoms with Crippen molar-refractivity contribution < 1.29 is 9.26 Å². The van der Waals surface area contributed by atoms with Crippen LogP contribution in [0.2, 0.25) is 0 Å². The summed E-state index contributed by atoms with van der Waals surface area (Å²) in [5.41, 5.74) is 7.22. The number of methoxy groups -OCH3 is 1. The molecule has 20 heavy (non-hydrogen) atoms. The maximum Gasteiger partial charge on any atom is 0.258 e. The van der Waals surface area contributed by atoms with E-state index in [0.29, 0.717) is 18.3 Å². The molecular formula is C15H19N3O2. The van der Waals surface area contributed by atoms with Crippen molar-refractivity contribution in [2.24, 2.45) is 5.73 Å². The first-order chi connectivity index (χ1) is 9.77. The standard InChI is InChI=1S/C15H19N3O2/c1-19-15(8-2-3-9-15)14-17-13(20-18-14)12-6-4-11(10-16)5-7-12/h4-7H,2-3,8-10,16H2,1H3. The van der Waals surface area contributed by atoms with Gasteiger partial charge in [0.2, 0.25) is 5.82 Å². The van der Waals surface area contributed by atoms with Crippen LogP contribution < -0.4 is 5.73 Å². The molecule has 5 heteroatoms.